The van der Waals surface area contributed by atoms with Gasteiger partial charge in [0, 0.05) is 11.3 Å². The minimum Gasteiger partial charge on any atom is -0.506 e. The number of hydrogen-bond acceptors (Lipinski definition) is 2. The number of phenols is 1. The molecule has 76 valence electrons. The van der Waals surface area contributed by atoms with Crippen molar-refractivity contribution in [2.45, 2.75) is 6.92 Å². The van der Waals surface area contributed by atoms with Gasteiger partial charge in [-0.1, -0.05) is 17.7 Å². The van der Waals surface area contributed by atoms with Crippen LogP contribution >= 0.6 is 11.6 Å². The highest BCUT2D eigenvalue weighted by Crippen LogP contribution is 2.28. The Kier molecular flexibility index (Phi) is 2.60. The number of halogens is 1. The van der Waals surface area contributed by atoms with Gasteiger partial charge in [-0.25, -0.2) is 0 Å². The molecule has 0 bridgehead atoms. The van der Waals surface area contributed by atoms with Gasteiger partial charge in [0.1, 0.15) is 5.75 Å². The molecule has 0 atom stereocenters. The van der Waals surface area contributed by atoms with E-state index in [1.807, 2.05) is 25.1 Å². The fourth-order valence-electron chi connectivity index (χ4n) is 1.37. The van der Waals surface area contributed by atoms with Crippen LogP contribution in [0.1, 0.15) is 5.69 Å². The largest absolute Gasteiger partial charge is 0.506 e. The molecule has 0 spiro atoms. The first kappa shape index (κ1) is 9.99. The number of aromatic nitrogens is 1. The first-order chi connectivity index (χ1) is 7.16. The zero-order valence-electron chi connectivity index (χ0n) is 8.24. The summed E-state index contributed by atoms with van der Waals surface area (Å²) in [6.07, 6.45) is 0. The van der Waals surface area contributed by atoms with Gasteiger partial charge in [-0.2, -0.15) is 0 Å². The second-order valence-corrected chi connectivity index (χ2v) is 3.74. The number of benzene rings is 1. The lowest BCUT2D eigenvalue weighted by atomic mass is 10.1. The summed E-state index contributed by atoms with van der Waals surface area (Å²) in [6, 6.07) is 10.9. The lowest BCUT2D eigenvalue weighted by Crippen LogP contribution is -1.85. The fraction of sp³-hybridized carbons (Fsp3) is 0.0833. The molecule has 1 heterocycles. The SMILES string of the molecule is Cc1cccc(-c2ccc(O)c(Cl)c2)n1. The normalized spacial score (nSPS) is 10.3. The molecule has 2 nitrogen and oxygen atoms in total. The van der Waals surface area contributed by atoms with Crippen LogP contribution in [0.5, 0.6) is 5.75 Å². The van der Waals surface area contributed by atoms with Gasteiger partial charge in [0.25, 0.3) is 0 Å². The second kappa shape index (κ2) is 3.91. The molecule has 1 aromatic heterocycles. The smallest absolute Gasteiger partial charge is 0.134 e. The van der Waals surface area contributed by atoms with Gasteiger partial charge >= 0.3 is 0 Å². The molecule has 3 heteroatoms. The van der Waals surface area contributed by atoms with E-state index in [-0.39, 0.29) is 5.75 Å². The Balaban J connectivity index is 2.50. The van der Waals surface area contributed by atoms with E-state index in [0.29, 0.717) is 5.02 Å². The maximum Gasteiger partial charge on any atom is 0.134 e. The molecule has 1 N–H and O–H groups in total. The molecule has 0 fully saturated rings. The van der Waals surface area contributed by atoms with E-state index < -0.39 is 0 Å². The molecule has 0 aliphatic carbocycles. The molecule has 2 rings (SSSR count). The highest BCUT2D eigenvalue weighted by atomic mass is 35.5. The van der Waals surface area contributed by atoms with Crippen molar-refractivity contribution in [1.82, 2.24) is 4.98 Å². The molecule has 2 aromatic rings. The molecule has 0 saturated heterocycles. The third-order valence-electron chi connectivity index (χ3n) is 2.13. The van der Waals surface area contributed by atoms with Crippen molar-refractivity contribution in [2.24, 2.45) is 0 Å². The van der Waals surface area contributed by atoms with Crippen molar-refractivity contribution in [2.75, 3.05) is 0 Å². The van der Waals surface area contributed by atoms with Crippen LogP contribution in [-0.2, 0) is 0 Å². The van der Waals surface area contributed by atoms with Gasteiger partial charge in [0.15, 0.2) is 0 Å². The van der Waals surface area contributed by atoms with E-state index in [2.05, 4.69) is 4.98 Å². The Morgan fingerprint density at radius 3 is 2.67 bits per heavy atom. The lowest BCUT2D eigenvalue weighted by molar-refractivity contribution is 0.475. The van der Waals surface area contributed by atoms with Crippen LogP contribution in [-0.4, -0.2) is 10.1 Å². The van der Waals surface area contributed by atoms with E-state index in [0.717, 1.165) is 17.0 Å². The highest BCUT2D eigenvalue weighted by Gasteiger charge is 2.03. The fourth-order valence-corrected chi connectivity index (χ4v) is 1.55. The molecule has 0 saturated carbocycles. The Bertz CT molecular complexity index is 497. The van der Waals surface area contributed by atoms with Crippen LogP contribution < -0.4 is 0 Å². The summed E-state index contributed by atoms with van der Waals surface area (Å²) >= 11 is 5.83. The van der Waals surface area contributed by atoms with Crippen LogP contribution in [0, 0.1) is 6.92 Å². The lowest BCUT2D eigenvalue weighted by Gasteiger charge is -2.03. The summed E-state index contributed by atoms with van der Waals surface area (Å²) < 4.78 is 0. The summed E-state index contributed by atoms with van der Waals surface area (Å²) in [7, 11) is 0. The summed E-state index contributed by atoms with van der Waals surface area (Å²) in [4.78, 5) is 4.37. The zero-order chi connectivity index (χ0) is 10.8. The second-order valence-electron chi connectivity index (χ2n) is 3.33. The Hall–Kier alpha value is -1.54. The topological polar surface area (TPSA) is 33.1 Å². The third kappa shape index (κ3) is 2.10. The number of pyridine rings is 1. The average molecular weight is 220 g/mol. The summed E-state index contributed by atoms with van der Waals surface area (Å²) in [5.41, 5.74) is 2.72. The maximum absolute atomic E-state index is 9.29. The van der Waals surface area contributed by atoms with E-state index in [4.69, 9.17) is 11.6 Å². The molecule has 15 heavy (non-hydrogen) atoms. The number of hydrogen-bond donors (Lipinski definition) is 1. The van der Waals surface area contributed by atoms with Crippen molar-refractivity contribution in [3.63, 3.8) is 0 Å². The first-order valence-corrected chi connectivity index (χ1v) is 4.97. The summed E-state index contributed by atoms with van der Waals surface area (Å²) in [6.45, 7) is 1.94. The molecule has 0 radical (unpaired) electrons. The molecule has 1 aromatic carbocycles. The standard InChI is InChI=1S/C12H10ClNO/c1-8-3-2-4-11(14-8)9-5-6-12(15)10(13)7-9/h2-7,15H,1H3. The number of aromatic hydroxyl groups is 1. The van der Waals surface area contributed by atoms with Gasteiger partial charge in [0.05, 0.1) is 10.7 Å². The van der Waals surface area contributed by atoms with Crippen molar-refractivity contribution >= 4 is 11.6 Å². The summed E-state index contributed by atoms with van der Waals surface area (Å²) in [5.74, 6) is 0.0908. The van der Waals surface area contributed by atoms with Crippen LogP contribution in [0.3, 0.4) is 0 Å². The quantitative estimate of drug-likeness (QED) is 0.797. The van der Waals surface area contributed by atoms with E-state index in [9.17, 15) is 5.11 Å². The first-order valence-electron chi connectivity index (χ1n) is 4.59. The van der Waals surface area contributed by atoms with Gasteiger partial charge in [-0.15, -0.1) is 0 Å². The molecule has 0 aliphatic rings. The van der Waals surface area contributed by atoms with Crippen LogP contribution in [0.4, 0.5) is 0 Å². The number of rotatable bonds is 1. The zero-order valence-corrected chi connectivity index (χ0v) is 8.99. The van der Waals surface area contributed by atoms with Crippen LogP contribution in [0.25, 0.3) is 11.3 Å². The van der Waals surface area contributed by atoms with Crippen molar-refractivity contribution < 1.29 is 5.11 Å². The van der Waals surface area contributed by atoms with E-state index in [1.165, 1.54) is 0 Å². The molecule has 0 aliphatic heterocycles. The predicted octanol–water partition coefficient (Wildman–Crippen LogP) is 3.42. The number of nitrogens with zero attached hydrogens (tertiary/aromatic N) is 1. The monoisotopic (exact) mass is 219 g/mol. The molecule has 0 amide bonds. The minimum absolute atomic E-state index is 0.0908. The van der Waals surface area contributed by atoms with Crippen LogP contribution in [0.15, 0.2) is 36.4 Å². The third-order valence-corrected chi connectivity index (χ3v) is 2.43. The number of aryl methyl sites for hydroxylation is 1. The summed E-state index contributed by atoms with van der Waals surface area (Å²) in [5, 5.41) is 9.64. The van der Waals surface area contributed by atoms with Crippen LogP contribution in [0.2, 0.25) is 5.02 Å². The molecular formula is C12H10ClNO. The Morgan fingerprint density at radius 2 is 2.00 bits per heavy atom. The number of phenolic OH excluding ortho intramolecular Hbond substituents is 1. The minimum atomic E-state index is 0.0908. The highest BCUT2D eigenvalue weighted by molar-refractivity contribution is 6.32. The Morgan fingerprint density at radius 1 is 1.20 bits per heavy atom. The van der Waals surface area contributed by atoms with E-state index >= 15 is 0 Å². The maximum atomic E-state index is 9.29. The van der Waals surface area contributed by atoms with Gasteiger partial charge in [-0.05, 0) is 37.3 Å². The van der Waals surface area contributed by atoms with Gasteiger partial charge < -0.3 is 5.11 Å². The van der Waals surface area contributed by atoms with Gasteiger partial charge in [-0.3, -0.25) is 4.98 Å². The van der Waals surface area contributed by atoms with Crippen molar-refractivity contribution in [1.29, 1.82) is 0 Å². The molecule has 0 unspecified atom stereocenters. The van der Waals surface area contributed by atoms with E-state index in [1.54, 1.807) is 18.2 Å². The van der Waals surface area contributed by atoms with Gasteiger partial charge in [0.2, 0.25) is 0 Å². The Labute approximate surface area is 93.2 Å². The van der Waals surface area contributed by atoms with Crippen molar-refractivity contribution in [3.8, 4) is 17.0 Å². The van der Waals surface area contributed by atoms with Crippen molar-refractivity contribution in [3.05, 3.63) is 47.1 Å². The predicted molar refractivity (Wildman–Crippen MR) is 61.1 cm³/mol. The average Bonchev–Trinajstić information content (AvgIpc) is 2.22. The molecular weight excluding hydrogens is 210 g/mol.